The minimum absolute atomic E-state index is 0.0222. The summed E-state index contributed by atoms with van der Waals surface area (Å²) in [4.78, 5) is 0. The van der Waals surface area contributed by atoms with Gasteiger partial charge in [0.2, 0.25) is 0 Å². The van der Waals surface area contributed by atoms with E-state index in [1.807, 2.05) is 0 Å². The van der Waals surface area contributed by atoms with E-state index in [1.54, 1.807) is 13.8 Å². The van der Waals surface area contributed by atoms with E-state index in [4.69, 9.17) is 9.05 Å². The van der Waals surface area contributed by atoms with Gasteiger partial charge in [-0.2, -0.15) is 18.3 Å². The molecule has 0 bridgehead atoms. The molecular weight excluding hydrogens is 399 g/mol. The van der Waals surface area contributed by atoms with E-state index in [9.17, 15) is 22.1 Å². The summed E-state index contributed by atoms with van der Waals surface area (Å²) in [6.07, 6.45) is -4.52. The van der Waals surface area contributed by atoms with Gasteiger partial charge in [-0.15, -0.1) is 0 Å². The monoisotopic (exact) mass is 418 g/mol. The molecule has 0 saturated carbocycles. The summed E-state index contributed by atoms with van der Waals surface area (Å²) in [7, 11) is -3.91. The van der Waals surface area contributed by atoms with Crippen LogP contribution >= 0.6 is 7.60 Å². The summed E-state index contributed by atoms with van der Waals surface area (Å²) < 4.78 is 75.6. The van der Waals surface area contributed by atoms with Crippen LogP contribution in [0.5, 0.6) is 0 Å². The van der Waals surface area contributed by atoms with Crippen LogP contribution < -0.4 is 5.43 Å². The molecule has 5 nitrogen and oxygen atoms in total. The van der Waals surface area contributed by atoms with Gasteiger partial charge in [0.25, 0.3) is 0 Å². The minimum atomic E-state index is -4.52. The zero-order valence-electron chi connectivity index (χ0n) is 15.2. The van der Waals surface area contributed by atoms with Crippen molar-refractivity contribution in [3.63, 3.8) is 0 Å². The Bertz CT molecular complexity index is 860. The topological polar surface area (TPSA) is 59.9 Å². The molecule has 0 aliphatic heterocycles. The van der Waals surface area contributed by atoms with Gasteiger partial charge in [-0.05, 0) is 56.3 Å². The second-order valence-corrected chi connectivity index (χ2v) is 7.40. The van der Waals surface area contributed by atoms with Gasteiger partial charge in [0.1, 0.15) is 5.82 Å². The van der Waals surface area contributed by atoms with Crippen molar-refractivity contribution < 1.29 is 31.2 Å². The number of alkyl halides is 3. The predicted octanol–water partition coefficient (Wildman–Crippen LogP) is 5.88. The van der Waals surface area contributed by atoms with Crippen LogP contribution in [0.25, 0.3) is 0 Å². The molecule has 0 spiro atoms. The smallest absolute Gasteiger partial charge is 0.304 e. The Morgan fingerprint density at radius 3 is 2.21 bits per heavy atom. The number of benzene rings is 2. The van der Waals surface area contributed by atoms with Gasteiger partial charge in [0.15, 0.2) is 5.45 Å². The molecule has 0 aromatic heterocycles. The fraction of sp³-hybridized carbons (Fsp3) is 0.278. The number of hydrogen-bond acceptors (Lipinski definition) is 5. The maximum Gasteiger partial charge on any atom is 0.416 e. The summed E-state index contributed by atoms with van der Waals surface area (Å²) in [5.74, 6) is -0.517. The number of rotatable bonds is 8. The first-order chi connectivity index (χ1) is 13.2. The van der Waals surface area contributed by atoms with Crippen LogP contribution in [-0.4, -0.2) is 18.7 Å². The summed E-state index contributed by atoms with van der Waals surface area (Å²) in [6, 6.07) is 9.28. The minimum Gasteiger partial charge on any atom is -0.304 e. The first kappa shape index (κ1) is 22.1. The second-order valence-electron chi connectivity index (χ2n) is 5.47. The lowest BCUT2D eigenvalue weighted by atomic mass is 10.2. The molecule has 0 atom stereocenters. The molecule has 0 unspecified atom stereocenters. The van der Waals surface area contributed by atoms with E-state index >= 15 is 0 Å². The van der Waals surface area contributed by atoms with E-state index in [1.165, 1.54) is 24.3 Å². The molecule has 0 radical (unpaired) electrons. The average Bonchev–Trinajstić information content (AvgIpc) is 2.63. The largest absolute Gasteiger partial charge is 0.416 e. The van der Waals surface area contributed by atoms with Gasteiger partial charge in [-0.3, -0.25) is 9.99 Å². The van der Waals surface area contributed by atoms with Crippen molar-refractivity contribution in [1.29, 1.82) is 0 Å². The highest BCUT2D eigenvalue weighted by atomic mass is 31.2. The van der Waals surface area contributed by atoms with Gasteiger partial charge in [-0.1, -0.05) is 6.07 Å². The number of hydrogen-bond donors (Lipinski definition) is 1. The van der Waals surface area contributed by atoms with E-state index in [2.05, 4.69) is 10.5 Å². The zero-order valence-corrected chi connectivity index (χ0v) is 16.1. The highest BCUT2D eigenvalue weighted by Crippen LogP contribution is 2.51. The summed E-state index contributed by atoms with van der Waals surface area (Å²) in [5, 5.41) is 3.99. The van der Waals surface area contributed by atoms with Gasteiger partial charge in [0.05, 0.1) is 24.5 Å². The van der Waals surface area contributed by atoms with Crippen molar-refractivity contribution >= 4 is 18.7 Å². The molecule has 0 aliphatic rings. The molecule has 10 heteroatoms. The molecule has 152 valence electrons. The standard InChI is InChI=1S/C18H19F4N2O3P/c1-3-26-28(25,27-4-2)17(13-8-10-15(19)11-9-13)24-23-16-7-5-6-14(12-16)18(20,21)22/h5-12,23H,3-4H2,1-2H3. The number of anilines is 1. The third kappa shape index (κ3) is 5.64. The maximum absolute atomic E-state index is 13.3. The molecule has 0 aliphatic carbocycles. The Kier molecular flexibility index (Phi) is 7.35. The van der Waals surface area contributed by atoms with Crippen LogP contribution in [-0.2, 0) is 19.8 Å². The lowest BCUT2D eigenvalue weighted by Crippen LogP contribution is -2.11. The second kappa shape index (κ2) is 9.32. The van der Waals surface area contributed by atoms with E-state index in [0.29, 0.717) is 0 Å². The van der Waals surface area contributed by atoms with Gasteiger partial charge in [0, 0.05) is 5.56 Å². The van der Waals surface area contributed by atoms with Crippen molar-refractivity contribution in [2.75, 3.05) is 18.6 Å². The van der Waals surface area contributed by atoms with Crippen molar-refractivity contribution in [1.82, 2.24) is 0 Å². The van der Waals surface area contributed by atoms with Crippen molar-refractivity contribution in [3.8, 4) is 0 Å². The molecule has 0 fully saturated rings. The lowest BCUT2D eigenvalue weighted by Gasteiger charge is -2.19. The molecule has 2 aromatic carbocycles. The maximum atomic E-state index is 13.3. The highest BCUT2D eigenvalue weighted by molar-refractivity contribution is 7.73. The van der Waals surface area contributed by atoms with Gasteiger partial charge >= 0.3 is 13.8 Å². The first-order valence-corrected chi connectivity index (χ1v) is 9.90. The van der Waals surface area contributed by atoms with Crippen molar-refractivity contribution in [3.05, 3.63) is 65.5 Å². The van der Waals surface area contributed by atoms with Gasteiger partial charge < -0.3 is 9.05 Å². The van der Waals surface area contributed by atoms with Gasteiger partial charge in [-0.25, -0.2) is 4.39 Å². The van der Waals surface area contributed by atoms with Crippen LogP contribution in [0, 0.1) is 5.82 Å². The summed E-state index contributed by atoms with van der Waals surface area (Å²) >= 11 is 0. The Balaban J connectivity index is 2.46. The highest BCUT2D eigenvalue weighted by Gasteiger charge is 2.34. The fourth-order valence-electron chi connectivity index (χ4n) is 2.26. The molecule has 0 heterocycles. The van der Waals surface area contributed by atoms with Crippen LogP contribution in [0.2, 0.25) is 0 Å². The molecule has 2 aromatic rings. The third-order valence-corrected chi connectivity index (χ3v) is 5.51. The Labute approximate surface area is 159 Å². The molecule has 0 saturated heterocycles. The Morgan fingerprint density at radius 1 is 1.07 bits per heavy atom. The normalized spacial score (nSPS) is 12.9. The van der Waals surface area contributed by atoms with Crippen LogP contribution in [0.1, 0.15) is 25.0 Å². The van der Waals surface area contributed by atoms with E-state index in [0.717, 1.165) is 24.3 Å². The van der Waals surface area contributed by atoms with Crippen LogP contribution in [0.4, 0.5) is 23.2 Å². The number of nitrogens with one attached hydrogen (secondary N) is 1. The number of hydrazone groups is 1. The van der Waals surface area contributed by atoms with E-state index < -0.39 is 25.2 Å². The predicted molar refractivity (Wildman–Crippen MR) is 98.9 cm³/mol. The van der Waals surface area contributed by atoms with Crippen LogP contribution in [0.15, 0.2) is 53.6 Å². The van der Waals surface area contributed by atoms with E-state index in [-0.39, 0.29) is 29.9 Å². The van der Waals surface area contributed by atoms with Crippen molar-refractivity contribution in [2.24, 2.45) is 5.10 Å². The molecule has 0 amide bonds. The lowest BCUT2D eigenvalue weighted by molar-refractivity contribution is -0.137. The van der Waals surface area contributed by atoms with Crippen LogP contribution in [0.3, 0.4) is 0 Å². The molecular formula is C18H19F4N2O3P. The third-order valence-electron chi connectivity index (χ3n) is 3.44. The Morgan fingerprint density at radius 2 is 1.68 bits per heavy atom. The van der Waals surface area contributed by atoms with Crippen molar-refractivity contribution in [2.45, 2.75) is 20.0 Å². The fourth-order valence-corrected chi connectivity index (χ4v) is 3.90. The Hall–Kier alpha value is -2.22. The number of halogens is 4. The summed E-state index contributed by atoms with van der Waals surface area (Å²) in [6.45, 7) is 3.30. The summed E-state index contributed by atoms with van der Waals surface area (Å²) in [5.41, 5.74) is 1.68. The molecule has 2 rings (SSSR count). The zero-order chi connectivity index (χ0) is 20.8. The molecule has 28 heavy (non-hydrogen) atoms. The SMILES string of the molecule is CCOP(=O)(OCC)C(=NNc1cccc(C(F)(F)F)c1)c1ccc(F)cc1. The molecule has 1 N–H and O–H groups in total. The quantitative estimate of drug-likeness (QED) is 0.252. The number of nitrogens with zero attached hydrogens (tertiary/aromatic N) is 1. The average molecular weight is 418 g/mol. The first-order valence-electron chi connectivity index (χ1n) is 8.36.